The summed E-state index contributed by atoms with van der Waals surface area (Å²) >= 11 is 0. The second kappa shape index (κ2) is 10.3. The van der Waals surface area contributed by atoms with Crippen LogP contribution in [0.5, 0.6) is 0 Å². The van der Waals surface area contributed by atoms with Gasteiger partial charge in [0.25, 0.3) is 0 Å². The van der Waals surface area contributed by atoms with Gasteiger partial charge in [0.15, 0.2) is 0 Å². The van der Waals surface area contributed by atoms with E-state index in [0.717, 1.165) is 72.4 Å². The number of amides is 1. The minimum atomic E-state index is -4.33. The van der Waals surface area contributed by atoms with E-state index in [1.165, 1.54) is 18.8 Å². The molecule has 6 rings (SSSR count). The molecule has 0 radical (unpaired) electrons. The van der Waals surface area contributed by atoms with E-state index in [2.05, 4.69) is 30.3 Å². The van der Waals surface area contributed by atoms with Gasteiger partial charge in [-0.05, 0) is 48.2 Å². The van der Waals surface area contributed by atoms with E-state index in [0.29, 0.717) is 23.2 Å². The van der Waals surface area contributed by atoms with Crippen molar-refractivity contribution in [2.75, 3.05) is 31.5 Å². The van der Waals surface area contributed by atoms with Gasteiger partial charge >= 0.3 is 6.18 Å². The smallest absolute Gasteiger partial charge is 0.340 e. The van der Waals surface area contributed by atoms with Crippen LogP contribution in [0.2, 0.25) is 0 Å². The van der Waals surface area contributed by atoms with Crippen LogP contribution < -0.4 is 5.32 Å². The number of hydrogen-bond donors (Lipinski definition) is 2. The summed E-state index contributed by atoms with van der Waals surface area (Å²) in [6, 6.07) is 9.43. The average molecular weight is 539 g/mol. The number of rotatable bonds is 7. The maximum absolute atomic E-state index is 12.7. The number of alkyl halides is 3. The van der Waals surface area contributed by atoms with Gasteiger partial charge in [0.05, 0.1) is 17.2 Å². The minimum Gasteiger partial charge on any atom is -0.340 e. The molecule has 0 atom stereocenters. The van der Waals surface area contributed by atoms with Crippen molar-refractivity contribution in [2.24, 2.45) is 5.92 Å². The van der Waals surface area contributed by atoms with Crippen molar-refractivity contribution in [3.63, 3.8) is 0 Å². The monoisotopic (exact) mass is 538 g/mol. The summed E-state index contributed by atoms with van der Waals surface area (Å²) in [6.45, 7) is 2.89. The van der Waals surface area contributed by atoms with Crippen molar-refractivity contribution in [1.82, 2.24) is 34.5 Å². The van der Waals surface area contributed by atoms with E-state index in [9.17, 15) is 18.0 Å². The van der Waals surface area contributed by atoms with E-state index in [1.807, 2.05) is 29.2 Å². The van der Waals surface area contributed by atoms with E-state index in [-0.39, 0.29) is 5.92 Å². The average Bonchev–Trinajstić information content (AvgIpc) is 3.48. The summed E-state index contributed by atoms with van der Waals surface area (Å²) in [5.74, 6) is 1.74. The van der Waals surface area contributed by atoms with Crippen LogP contribution in [0.15, 0.2) is 48.9 Å². The molecule has 2 fully saturated rings. The van der Waals surface area contributed by atoms with Crippen LogP contribution in [0.4, 0.5) is 24.9 Å². The van der Waals surface area contributed by atoms with E-state index >= 15 is 0 Å². The van der Waals surface area contributed by atoms with E-state index < -0.39 is 12.7 Å². The normalized spacial score (nSPS) is 16.9. The second-order valence-electron chi connectivity index (χ2n) is 10.3. The number of halogens is 3. The number of pyridine rings is 1. The van der Waals surface area contributed by atoms with Crippen molar-refractivity contribution in [3.05, 3.63) is 54.5 Å². The number of nitrogens with zero attached hydrogens (tertiary/aromatic N) is 6. The van der Waals surface area contributed by atoms with Gasteiger partial charge in [-0.25, -0.2) is 9.97 Å². The topological polar surface area (TPSA) is 95.0 Å². The first kappa shape index (κ1) is 25.4. The maximum Gasteiger partial charge on any atom is 0.408 e. The second-order valence-corrected chi connectivity index (χ2v) is 10.3. The number of carbonyl (C=O) groups excluding carboxylic acids is 1. The Morgan fingerprint density at radius 2 is 1.90 bits per heavy atom. The lowest BCUT2D eigenvalue weighted by molar-refractivity contribution is -0.142. The van der Waals surface area contributed by atoms with Crippen LogP contribution >= 0.6 is 0 Å². The van der Waals surface area contributed by atoms with E-state index in [1.54, 1.807) is 12.3 Å². The van der Waals surface area contributed by atoms with Gasteiger partial charge in [0.1, 0.15) is 12.4 Å². The molecule has 0 spiro atoms. The van der Waals surface area contributed by atoms with Crippen LogP contribution in [0, 0.1) is 5.92 Å². The number of aromatic nitrogens is 5. The number of imidazole rings is 1. The van der Waals surface area contributed by atoms with Crippen molar-refractivity contribution < 1.29 is 18.0 Å². The molecule has 9 nitrogen and oxygen atoms in total. The van der Waals surface area contributed by atoms with Crippen molar-refractivity contribution in [3.8, 4) is 11.1 Å². The number of H-pyrrole nitrogens is 1. The predicted molar refractivity (Wildman–Crippen MR) is 140 cm³/mol. The van der Waals surface area contributed by atoms with E-state index in [4.69, 9.17) is 0 Å². The predicted octanol–water partition coefficient (Wildman–Crippen LogP) is 4.57. The molecule has 1 amide bonds. The third-order valence-electron chi connectivity index (χ3n) is 7.41. The zero-order valence-electron chi connectivity index (χ0n) is 21.3. The molecule has 1 saturated carbocycles. The number of piperazine rings is 1. The lowest BCUT2D eigenvalue weighted by Crippen LogP contribution is -2.50. The molecule has 0 unspecified atom stereocenters. The maximum atomic E-state index is 12.7. The fourth-order valence-electron chi connectivity index (χ4n) is 5.09. The highest BCUT2D eigenvalue weighted by Gasteiger charge is 2.31. The highest BCUT2D eigenvalue weighted by molar-refractivity contribution is 5.83. The first-order chi connectivity index (χ1) is 18.8. The quantitative estimate of drug-likeness (QED) is 0.358. The molecule has 4 heterocycles. The molecule has 204 valence electrons. The Bertz CT molecular complexity index is 1470. The number of carbonyl (C=O) groups is 1. The molecule has 1 saturated heterocycles. The molecule has 39 heavy (non-hydrogen) atoms. The van der Waals surface area contributed by atoms with Crippen LogP contribution in [-0.2, 0) is 17.9 Å². The molecule has 2 N–H and O–H groups in total. The third-order valence-corrected chi connectivity index (χ3v) is 7.41. The van der Waals surface area contributed by atoms with Gasteiger partial charge in [-0.1, -0.05) is 12.5 Å². The number of hydrogen-bond acceptors (Lipinski definition) is 6. The largest absolute Gasteiger partial charge is 0.408 e. The number of fused-ring (bicyclic) bond motifs is 1. The summed E-state index contributed by atoms with van der Waals surface area (Å²) in [5.41, 5.74) is 3.90. The molecule has 3 aromatic heterocycles. The molecule has 2 aliphatic rings. The van der Waals surface area contributed by atoms with Gasteiger partial charge in [0, 0.05) is 56.6 Å². The number of benzene rings is 1. The Kier molecular flexibility index (Phi) is 6.71. The Balaban J connectivity index is 1.08. The zero-order chi connectivity index (χ0) is 27.0. The summed E-state index contributed by atoms with van der Waals surface area (Å²) in [5, 5.41) is 7.04. The summed E-state index contributed by atoms with van der Waals surface area (Å²) < 4.78 is 38.9. The molecule has 4 aromatic rings. The zero-order valence-corrected chi connectivity index (χ0v) is 21.3. The molecule has 0 bridgehead atoms. The fourth-order valence-corrected chi connectivity index (χ4v) is 5.09. The highest BCUT2D eigenvalue weighted by Crippen LogP contribution is 2.29. The molecule has 1 aliphatic heterocycles. The van der Waals surface area contributed by atoms with Crippen LogP contribution in [0.3, 0.4) is 0 Å². The Morgan fingerprint density at radius 3 is 2.64 bits per heavy atom. The molecule has 12 heteroatoms. The van der Waals surface area contributed by atoms with Crippen molar-refractivity contribution in [1.29, 1.82) is 0 Å². The van der Waals surface area contributed by atoms with Gasteiger partial charge in [-0.3, -0.25) is 14.4 Å². The number of anilines is 2. The fraction of sp³-hybridized carbons (Fsp3) is 0.407. The molecule has 1 aliphatic carbocycles. The van der Waals surface area contributed by atoms with Crippen molar-refractivity contribution >= 4 is 28.7 Å². The number of nitrogens with one attached hydrogen (secondary N) is 2. The first-order valence-electron chi connectivity index (χ1n) is 13.1. The molecular weight excluding hydrogens is 509 g/mol. The van der Waals surface area contributed by atoms with Crippen LogP contribution in [0.1, 0.15) is 24.8 Å². The molecule has 1 aromatic carbocycles. The van der Waals surface area contributed by atoms with Gasteiger partial charge in [-0.15, -0.1) is 0 Å². The van der Waals surface area contributed by atoms with Crippen molar-refractivity contribution in [2.45, 2.75) is 38.5 Å². The lowest BCUT2D eigenvalue weighted by atomic mass is 9.84. The summed E-state index contributed by atoms with van der Waals surface area (Å²) in [7, 11) is 0. The Morgan fingerprint density at radius 1 is 1.08 bits per heavy atom. The summed E-state index contributed by atoms with van der Waals surface area (Å²) in [4.78, 5) is 29.1. The Labute approximate surface area is 223 Å². The highest BCUT2D eigenvalue weighted by atomic mass is 19.4. The van der Waals surface area contributed by atoms with Gasteiger partial charge in [-0.2, -0.15) is 18.3 Å². The number of aromatic amines is 1. The molecular formula is C27H29F3N8O. The van der Waals surface area contributed by atoms with Crippen LogP contribution in [0.25, 0.3) is 22.2 Å². The standard InChI is InChI=1S/C27H29F3N8O/c28-27(29,30)17-38-16-21(14-32-38)20-4-5-22-23(13-20)34-26(33-22)35-24-12-18(6-7-31-24)15-36-8-10-37(11-9-36)25(39)19-2-1-3-19/h4-7,12-14,16,19H,1-3,8-11,15,17H2,(H2,31,33,34,35). The third kappa shape index (κ3) is 5.90. The van der Waals surface area contributed by atoms with Crippen LogP contribution in [-0.4, -0.2) is 72.8 Å². The van der Waals surface area contributed by atoms with Gasteiger partial charge < -0.3 is 15.2 Å². The summed E-state index contributed by atoms with van der Waals surface area (Å²) in [6.07, 6.45) is 3.48. The van der Waals surface area contributed by atoms with Gasteiger partial charge in [0.2, 0.25) is 11.9 Å². The first-order valence-corrected chi connectivity index (χ1v) is 13.1. The SMILES string of the molecule is O=C(C1CCC1)N1CCN(Cc2ccnc(Nc3nc4ccc(-c5cnn(CC(F)(F)F)c5)cc4[nH]3)c2)CC1. The minimum absolute atomic E-state index is 0.248. The lowest BCUT2D eigenvalue weighted by Gasteiger charge is -2.38. The Hall–Kier alpha value is -3.93.